The van der Waals surface area contributed by atoms with Gasteiger partial charge in [-0.1, -0.05) is 11.8 Å². The first kappa shape index (κ1) is 22.3. The monoisotopic (exact) mass is 532 g/mol. The van der Waals surface area contributed by atoms with Gasteiger partial charge >= 0.3 is 0 Å². The molecule has 5 rings (SSSR count). The molecule has 0 bridgehead atoms. The average molecular weight is 533 g/mol. The van der Waals surface area contributed by atoms with Gasteiger partial charge in [0.2, 0.25) is 5.91 Å². The van der Waals surface area contributed by atoms with E-state index in [1.54, 1.807) is 6.92 Å². The topological polar surface area (TPSA) is 108 Å². The van der Waals surface area contributed by atoms with E-state index >= 15 is 0 Å². The van der Waals surface area contributed by atoms with E-state index in [4.69, 9.17) is 20.2 Å². The lowest BCUT2D eigenvalue weighted by atomic mass is 9.93. The third-order valence-corrected chi connectivity index (χ3v) is 8.11. The lowest BCUT2D eigenvalue weighted by molar-refractivity contribution is -0.130. The lowest BCUT2D eigenvalue weighted by Crippen LogP contribution is -2.37. The van der Waals surface area contributed by atoms with Crippen LogP contribution >= 0.6 is 27.7 Å². The summed E-state index contributed by atoms with van der Waals surface area (Å²) in [6.07, 6.45) is 4.49. The molecule has 9 nitrogen and oxygen atoms in total. The van der Waals surface area contributed by atoms with Crippen molar-refractivity contribution in [3.8, 4) is 11.5 Å². The van der Waals surface area contributed by atoms with Crippen LogP contribution in [0, 0.1) is 5.92 Å². The minimum Gasteiger partial charge on any atom is -0.486 e. The zero-order chi connectivity index (χ0) is 22.9. The number of anilines is 1. The molecule has 1 aromatic carbocycles. The lowest BCUT2D eigenvalue weighted by Gasteiger charge is -2.31. The summed E-state index contributed by atoms with van der Waals surface area (Å²) < 4.78 is 14.5. The zero-order valence-corrected chi connectivity index (χ0v) is 20.7. The standard InChI is InChI=1S/C22H25BrN6O3S/c1-13(30)28-5-2-14(3-6-28)4-7-29-21-19(20(24)25-12-26-21)27-22(29)33-18-11-17-16(10-15(18)23)31-8-9-32-17/h10-12,14H,2-9H2,1H3,(H2,24,25,26). The molecule has 0 atom stereocenters. The number of carbonyl (C=O) groups excluding carboxylic acids is 1. The van der Waals surface area contributed by atoms with E-state index in [9.17, 15) is 4.79 Å². The van der Waals surface area contributed by atoms with E-state index in [0.717, 1.165) is 70.6 Å². The quantitative estimate of drug-likeness (QED) is 0.529. The van der Waals surface area contributed by atoms with Crippen molar-refractivity contribution in [1.29, 1.82) is 0 Å². The van der Waals surface area contributed by atoms with Crippen LogP contribution in [0.3, 0.4) is 0 Å². The molecule has 0 aliphatic carbocycles. The molecule has 2 aliphatic heterocycles. The number of amides is 1. The Kier molecular flexibility index (Phi) is 6.33. The number of aryl methyl sites for hydroxylation is 1. The number of carbonyl (C=O) groups is 1. The first-order valence-corrected chi connectivity index (χ1v) is 12.6. The molecule has 0 radical (unpaired) electrons. The molecule has 4 heterocycles. The molecule has 3 aromatic rings. The summed E-state index contributed by atoms with van der Waals surface area (Å²) in [7, 11) is 0. The number of piperidine rings is 1. The fourth-order valence-electron chi connectivity index (χ4n) is 4.28. The SMILES string of the molecule is CC(=O)N1CCC(CCn2c(Sc3cc4c(cc3Br)OCCO4)nc3c(N)ncnc32)CC1. The van der Waals surface area contributed by atoms with Crippen LogP contribution in [0.1, 0.15) is 26.2 Å². The Labute approximate surface area is 204 Å². The highest BCUT2D eigenvalue weighted by Crippen LogP contribution is 2.42. The molecule has 1 saturated heterocycles. The molecule has 0 spiro atoms. The molecular weight excluding hydrogens is 508 g/mol. The third kappa shape index (κ3) is 4.61. The minimum atomic E-state index is 0.157. The van der Waals surface area contributed by atoms with Crippen molar-refractivity contribution < 1.29 is 14.3 Å². The van der Waals surface area contributed by atoms with Crippen molar-refractivity contribution in [1.82, 2.24) is 24.4 Å². The van der Waals surface area contributed by atoms with E-state index in [-0.39, 0.29) is 5.91 Å². The normalized spacial score (nSPS) is 16.4. The van der Waals surface area contributed by atoms with Crippen LogP contribution in [0.5, 0.6) is 11.5 Å². The maximum absolute atomic E-state index is 11.6. The summed E-state index contributed by atoms with van der Waals surface area (Å²) >= 11 is 5.19. The molecule has 11 heteroatoms. The number of imidazole rings is 1. The number of halogens is 1. The summed E-state index contributed by atoms with van der Waals surface area (Å²) in [5.74, 6) is 2.54. The van der Waals surface area contributed by atoms with Crippen molar-refractivity contribution in [2.24, 2.45) is 5.92 Å². The Morgan fingerprint density at radius 3 is 2.67 bits per heavy atom. The fourth-order valence-corrected chi connectivity index (χ4v) is 5.79. The number of nitrogens with two attached hydrogens (primary N) is 1. The van der Waals surface area contributed by atoms with Crippen LogP contribution in [0.15, 0.2) is 33.0 Å². The largest absolute Gasteiger partial charge is 0.486 e. The van der Waals surface area contributed by atoms with Gasteiger partial charge in [0.05, 0.1) is 0 Å². The molecule has 2 aliphatic rings. The molecule has 0 unspecified atom stereocenters. The smallest absolute Gasteiger partial charge is 0.219 e. The highest BCUT2D eigenvalue weighted by Gasteiger charge is 2.23. The number of benzene rings is 1. The minimum absolute atomic E-state index is 0.157. The Balaban J connectivity index is 1.40. The van der Waals surface area contributed by atoms with E-state index in [1.165, 1.54) is 18.1 Å². The number of ether oxygens (including phenoxy) is 2. The van der Waals surface area contributed by atoms with Gasteiger partial charge in [-0.2, -0.15) is 0 Å². The molecule has 1 amide bonds. The van der Waals surface area contributed by atoms with Crippen LogP contribution in [0.4, 0.5) is 5.82 Å². The fraction of sp³-hybridized carbons (Fsp3) is 0.455. The number of aromatic nitrogens is 4. The van der Waals surface area contributed by atoms with E-state index < -0.39 is 0 Å². The Morgan fingerprint density at radius 1 is 1.21 bits per heavy atom. The second-order valence-corrected chi connectivity index (χ2v) is 10.1. The zero-order valence-electron chi connectivity index (χ0n) is 18.3. The van der Waals surface area contributed by atoms with Crippen LogP contribution in [0.2, 0.25) is 0 Å². The number of fused-ring (bicyclic) bond motifs is 2. The first-order valence-electron chi connectivity index (χ1n) is 11.0. The van der Waals surface area contributed by atoms with Gasteiger partial charge in [0.25, 0.3) is 0 Å². The molecular formula is C22H25BrN6O3S. The predicted octanol–water partition coefficient (Wildman–Crippen LogP) is 3.74. The van der Waals surface area contributed by atoms with E-state index in [0.29, 0.717) is 30.5 Å². The summed E-state index contributed by atoms with van der Waals surface area (Å²) in [5.41, 5.74) is 7.46. The summed E-state index contributed by atoms with van der Waals surface area (Å²) in [5, 5.41) is 0.802. The Hall–Kier alpha value is -2.53. The van der Waals surface area contributed by atoms with Crippen LogP contribution in [0.25, 0.3) is 11.2 Å². The van der Waals surface area contributed by atoms with Crippen molar-refractivity contribution in [3.05, 3.63) is 22.9 Å². The van der Waals surface area contributed by atoms with Gasteiger partial charge in [-0.15, -0.1) is 0 Å². The van der Waals surface area contributed by atoms with Gasteiger partial charge in [-0.25, -0.2) is 15.0 Å². The highest BCUT2D eigenvalue weighted by atomic mass is 79.9. The molecule has 2 N–H and O–H groups in total. The number of nitrogens with zero attached hydrogens (tertiary/aromatic N) is 5. The van der Waals surface area contributed by atoms with E-state index in [2.05, 4.69) is 30.5 Å². The van der Waals surface area contributed by atoms with E-state index in [1.807, 2.05) is 17.0 Å². The molecule has 174 valence electrons. The van der Waals surface area contributed by atoms with Crippen molar-refractivity contribution in [3.63, 3.8) is 0 Å². The maximum atomic E-state index is 11.6. The number of nitrogen functional groups attached to an aromatic ring is 1. The molecule has 33 heavy (non-hydrogen) atoms. The first-order chi connectivity index (χ1) is 16.0. The van der Waals surface area contributed by atoms with Gasteiger partial charge in [0.15, 0.2) is 33.6 Å². The third-order valence-electron chi connectivity index (χ3n) is 6.14. The van der Waals surface area contributed by atoms with Gasteiger partial charge in [-0.3, -0.25) is 4.79 Å². The number of likely N-dealkylation sites (tertiary alicyclic amines) is 1. The predicted molar refractivity (Wildman–Crippen MR) is 129 cm³/mol. The van der Waals surface area contributed by atoms with Crippen molar-refractivity contribution >= 4 is 50.6 Å². The summed E-state index contributed by atoms with van der Waals surface area (Å²) in [6, 6.07) is 3.90. The molecule has 2 aromatic heterocycles. The van der Waals surface area contributed by atoms with Crippen LogP contribution < -0.4 is 15.2 Å². The van der Waals surface area contributed by atoms with Gasteiger partial charge in [0.1, 0.15) is 19.5 Å². The van der Waals surface area contributed by atoms with Crippen LogP contribution in [-0.4, -0.2) is 56.6 Å². The van der Waals surface area contributed by atoms with Gasteiger partial charge in [0, 0.05) is 35.9 Å². The number of hydrogen-bond donors (Lipinski definition) is 1. The Bertz CT molecular complexity index is 1190. The van der Waals surface area contributed by atoms with Gasteiger partial charge in [-0.05, 0) is 53.2 Å². The number of hydrogen-bond acceptors (Lipinski definition) is 8. The summed E-state index contributed by atoms with van der Waals surface area (Å²) in [4.78, 5) is 27.9. The second kappa shape index (κ2) is 9.38. The van der Waals surface area contributed by atoms with Gasteiger partial charge < -0.3 is 24.7 Å². The molecule has 1 fully saturated rings. The summed E-state index contributed by atoms with van der Waals surface area (Å²) in [6.45, 7) is 5.14. The maximum Gasteiger partial charge on any atom is 0.219 e. The second-order valence-electron chi connectivity index (χ2n) is 8.24. The van der Waals surface area contributed by atoms with Crippen molar-refractivity contribution in [2.75, 3.05) is 32.0 Å². The Morgan fingerprint density at radius 2 is 1.94 bits per heavy atom. The number of rotatable bonds is 5. The van der Waals surface area contributed by atoms with Crippen molar-refractivity contribution in [2.45, 2.75) is 42.8 Å². The molecule has 0 saturated carbocycles. The average Bonchev–Trinajstić information content (AvgIpc) is 3.17. The van der Waals surface area contributed by atoms with Crippen LogP contribution in [-0.2, 0) is 11.3 Å². The highest BCUT2D eigenvalue weighted by molar-refractivity contribution is 9.10.